The first-order chi connectivity index (χ1) is 11.9. The van der Waals surface area contributed by atoms with Crippen molar-refractivity contribution < 1.29 is 9.84 Å². The van der Waals surface area contributed by atoms with Gasteiger partial charge in [0.2, 0.25) is 0 Å². The quantitative estimate of drug-likeness (QED) is 0.473. The molecule has 2 aliphatic rings. The van der Waals surface area contributed by atoms with Gasteiger partial charge in [-0.1, -0.05) is 45.0 Å². The van der Waals surface area contributed by atoms with E-state index in [1.54, 1.807) is 6.92 Å². The van der Waals surface area contributed by atoms with Gasteiger partial charge in [0.1, 0.15) is 16.7 Å². The molecule has 5 unspecified atom stereocenters. The standard InChI is InChI=1S/C20H36N2O4/c1-14(2)10-15(11-17(3,4)5)16(23)26-20-9-7-8-19(20,22-25)12-18(6,13-20)21-24/h14-16,23H,7-13H2,1-6H3. The lowest BCUT2D eigenvalue weighted by atomic mass is 9.80. The van der Waals surface area contributed by atoms with Crippen molar-refractivity contribution in [3.8, 4) is 0 Å². The molecule has 0 heterocycles. The number of aliphatic hydroxyl groups is 1. The number of hydrogen-bond donors (Lipinski definition) is 1. The number of fused-ring (bicyclic) bond motifs is 1. The molecule has 6 heteroatoms. The summed E-state index contributed by atoms with van der Waals surface area (Å²) in [6, 6.07) is 0. The van der Waals surface area contributed by atoms with Gasteiger partial charge in [0.25, 0.3) is 0 Å². The Morgan fingerprint density at radius 2 is 1.77 bits per heavy atom. The summed E-state index contributed by atoms with van der Waals surface area (Å²) in [6.45, 7) is 12.5. The Morgan fingerprint density at radius 3 is 2.27 bits per heavy atom. The monoisotopic (exact) mass is 368 g/mol. The largest absolute Gasteiger partial charge is 0.368 e. The zero-order valence-corrected chi connectivity index (χ0v) is 17.2. The van der Waals surface area contributed by atoms with Gasteiger partial charge < -0.3 is 9.84 Å². The summed E-state index contributed by atoms with van der Waals surface area (Å²) in [5.41, 5.74) is -2.61. The molecule has 26 heavy (non-hydrogen) atoms. The molecule has 1 N–H and O–H groups in total. The molecule has 0 aromatic carbocycles. The normalized spacial score (nSPS) is 36.8. The van der Waals surface area contributed by atoms with Crippen LogP contribution >= 0.6 is 0 Å². The number of nitrogens with zero attached hydrogens (tertiary/aromatic N) is 2. The van der Waals surface area contributed by atoms with Crippen molar-refractivity contribution in [2.24, 2.45) is 27.6 Å². The fraction of sp³-hybridized carbons (Fsp3) is 1.00. The molecule has 0 bridgehead atoms. The van der Waals surface area contributed by atoms with Gasteiger partial charge in [0.05, 0.1) is 0 Å². The van der Waals surface area contributed by atoms with E-state index < -0.39 is 23.0 Å². The topological polar surface area (TPSA) is 88.3 Å². The zero-order chi connectivity index (χ0) is 19.8. The highest BCUT2D eigenvalue weighted by Crippen LogP contribution is 2.60. The summed E-state index contributed by atoms with van der Waals surface area (Å²) in [5, 5.41) is 17.8. The van der Waals surface area contributed by atoms with E-state index in [4.69, 9.17) is 4.74 Å². The van der Waals surface area contributed by atoms with Gasteiger partial charge >= 0.3 is 0 Å². The Labute approximate surface area is 157 Å². The van der Waals surface area contributed by atoms with Crippen molar-refractivity contribution >= 4 is 0 Å². The van der Waals surface area contributed by atoms with Crippen LogP contribution in [0.2, 0.25) is 0 Å². The molecule has 6 nitrogen and oxygen atoms in total. The summed E-state index contributed by atoms with van der Waals surface area (Å²) in [7, 11) is 0. The Morgan fingerprint density at radius 1 is 1.12 bits per heavy atom. The van der Waals surface area contributed by atoms with E-state index in [9.17, 15) is 14.9 Å². The molecule has 0 amide bonds. The highest BCUT2D eigenvalue weighted by Gasteiger charge is 2.68. The second-order valence-electron chi connectivity index (χ2n) is 10.6. The van der Waals surface area contributed by atoms with Crippen LogP contribution in [0.15, 0.2) is 10.4 Å². The molecule has 0 aromatic heterocycles. The van der Waals surface area contributed by atoms with Crippen LogP contribution in [0.5, 0.6) is 0 Å². The fourth-order valence-corrected chi connectivity index (χ4v) is 5.39. The van der Waals surface area contributed by atoms with Gasteiger partial charge in [-0.15, -0.1) is 0 Å². The highest BCUT2D eigenvalue weighted by atomic mass is 16.6. The second-order valence-corrected chi connectivity index (χ2v) is 10.6. The molecular formula is C20H36N2O4. The van der Waals surface area contributed by atoms with Gasteiger partial charge in [-0.25, -0.2) is 0 Å². The minimum absolute atomic E-state index is 0.0228. The zero-order valence-electron chi connectivity index (χ0n) is 17.2. The average molecular weight is 369 g/mol. The van der Waals surface area contributed by atoms with E-state index in [1.807, 2.05) is 0 Å². The number of nitroso groups, excluding NO2 is 2. The number of ether oxygens (including phenoxy) is 1. The summed E-state index contributed by atoms with van der Waals surface area (Å²) in [6.07, 6.45) is 3.44. The van der Waals surface area contributed by atoms with E-state index in [1.165, 1.54) is 0 Å². The van der Waals surface area contributed by atoms with Gasteiger partial charge in [0, 0.05) is 18.8 Å². The van der Waals surface area contributed by atoms with Crippen LogP contribution in [0.3, 0.4) is 0 Å². The predicted octanol–water partition coefficient (Wildman–Crippen LogP) is 5.17. The first-order valence-corrected chi connectivity index (χ1v) is 9.95. The molecule has 150 valence electrons. The summed E-state index contributed by atoms with van der Waals surface area (Å²) < 4.78 is 6.29. The molecule has 0 aromatic rings. The van der Waals surface area contributed by atoms with Crippen LogP contribution < -0.4 is 0 Å². The van der Waals surface area contributed by atoms with Crippen molar-refractivity contribution in [3.05, 3.63) is 9.81 Å². The number of rotatable bonds is 8. The number of hydrogen-bond acceptors (Lipinski definition) is 6. The minimum atomic E-state index is -0.968. The van der Waals surface area contributed by atoms with Crippen molar-refractivity contribution in [2.45, 2.75) is 109 Å². The molecular weight excluding hydrogens is 332 g/mol. The Bertz CT molecular complexity index is 532. The van der Waals surface area contributed by atoms with E-state index in [2.05, 4.69) is 45.0 Å². The third kappa shape index (κ3) is 4.16. The van der Waals surface area contributed by atoms with Crippen LogP contribution in [0.25, 0.3) is 0 Å². The van der Waals surface area contributed by atoms with Gasteiger partial charge in [0.15, 0.2) is 6.29 Å². The van der Waals surface area contributed by atoms with Crippen molar-refractivity contribution in [1.82, 2.24) is 0 Å². The lowest BCUT2D eigenvalue weighted by Crippen LogP contribution is -2.49. The molecule has 2 aliphatic carbocycles. The Hall–Kier alpha value is -0.880. The second kappa shape index (κ2) is 7.27. The third-order valence-corrected chi connectivity index (χ3v) is 6.15. The first-order valence-electron chi connectivity index (χ1n) is 9.95. The summed E-state index contributed by atoms with van der Waals surface area (Å²) >= 11 is 0. The third-order valence-electron chi connectivity index (χ3n) is 6.15. The van der Waals surface area contributed by atoms with E-state index in [0.717, 1.165) is 19.3 Å². The maximum absolute atomic E-state index is 11.8. The first kappa shape index (κ1) is 21.4. The molecule has 2 saturated carbocycles. The van der Waals surface area contributed by atoms with Crippen molar-refractivity contribution in [1.29, 1.82) is 0 Å². The van der Waals surface area contributed by atoms with Crippen molar-refractivity contribution in [2.75, 3.05) is 0 Å². The van der Waals surface area contributed by atoms with Gasteiger partial charge in [-0.05, 0) is 50.4 Å². The molecule has 0 spiro atoms. The van der Waals surface area contributed by atoms with E-state index in [0.29, 0.717) is 31.6 Å². The van der Waals surface area contributed by atoms with Gasteiger partial charge in [-0.3, -0.25) is 0 Å². The Balaban J connectivity index is 2.27. The smallest absolute Gasteiger partial charge is 0.158 e. The summed E-state index contributed by atoms with van der Waals surface area (Å²) in [4.78, 5) is 23.2. The van der Waals surface area contributed by atoms with Crippen LogP contribution in [-0.2, 0) is 4.74 Å². The molecule has 2 fully saturated rings. The van der Waals surface area contributed by atoms with Gasteiger partial charge in [-0.2, -0.15) is 9.81 Å². The highest BCUT2D eigenvalue weighted by molar-refractivity contribution is 5.23. The Kier molecular flexibility index (Phi) is 5.99. The lowest BCUT2D eigenvalue weighted by molar-refractivity contribution is -0.225. The SMILES string of the molecule is CC(C)CC(CC(C)(C)C)C(O)OC12CCCC1(N=O)CC(C)(N=O)C2. The van der Waals surface area contributed by atoms with E-state index in [-0.39, 0.29) is 11.3 Å². The van der Waals surface area contributed by atoms with Crippen LogP contribution in [0.4, 0.5) is 0 Å². The maximum atomic E-state index is 11.8. The molecule has 2 rings (SSSR count). The van der Waals surface area contributed by atoms with E-state index >= 15 is 0 Å². The average Bonchev–Trinajstić information content (AvgIpc) is 2.93. The molecule has 0 radical (unpaired) electrons. The van der Waals surface area contributed by atoms with Crippen molar-refractivity contribution in [3.63, 3.8) is 0 Å². The summed E-state index contributed by atoms with van der Waals surface area (Å²) in [5.74, 6) is 0.409. The number of aliphatic hydroxyl groups excluding tert-OH is 1. The lowest BCUT2D eigenvalue weighted by Gasteiger charge is -2.40. The predicted molar refractivity (Wildman–Crippen MR) is 103 cm³/mol. The van der Waals surface area contributed by atoms with Crippen LogP contribution in [0.1, 0.15) is 86.5 Å². The molecule has 5 atom stereocenters. The minimum Gasteiger partial charge on any atom is -0.368 e. The maximum Gasteiger partial charge on any atom is 0.158 e. The molecule has 0 saturated heterocycles. The van der Waals surface area contributed by atoms with Crippen LogP contribution in [0, 0.1) is 27.1 Å². The molecule has 0 aliphatic heterocycles. The fourth-order valence-electron chi connectivity index (χ4n) is 5.39. The van der Waals surface area contributed by atoms with Crippen LogP contribution in [-0.4, -0.2) is 28.1 Å².